The molecule has 0 spiro atoms. The van der Waals surface area contributed by atoms with Gasteiger partial charge in [0.15, 0.2) is 16.6 Å². The van der Waals surface area contributed by atoms with Crippen LogP contribution in [0.2, 0.25) is 0 Å². The molecule has 3 heterocycles. The predicted octanol–water partition coefficient (Wildman–Crippen LogP) is 3.49. The molecule has 1 fully saturated rings. The number of thiazole rings is 1. The maximum Gasteiger partial charge on any atom is 0.277 e. The Morgan fingerprint density at radius 2 is 2.05 bits per heavy atom. The summed E-state index contributed by atoms with van der Waals surface area (Å²) in [5.41, 5.74) is 6.57. The number of hydrogen-bond acceptors (Lipinski definition) is 7. The Kier molecular flexibility index (Phi) is 3.12. The maximum atomic E-state index is 6.35. The topological polar surface area (TPSA) is 91.0 Å². The molecule has 7 heteroatoms. The lowest BCUT2D eigenvalue weighted by atomic mass is 9.99. The molecule has 0 aromatic carbocycles. The fraction of sp³-hybridized carbons (Fsp3) is 0.400. The van der Waals surface area contributed by atoms with Gasteiger partial charge in [0.05, 0.1) is 5.54 Å². The van der Waals surface area contributed by atoms with Crippen molar-refractivity contribution in [3.05, 3.63) is 29.1 Å². The van der Waals surface area contributed by atoms with Crippen LogP contribution in [0.5, 0.6) is 0 Å². The highest BCUT2D eigenvalue weighted by molar-refractivity contribution is 7.13. The van der Waals surface area contributed by atoms with Crippen molar-refractivity contribution in [3.63, 3.8) is 0 Å². The molecule has 22 heavy (non-hydrogen) atoms. The molecule has 0 radical (unpaired) electrons. The van der Waals surface area contributed by atoms with Crippen LogP contribution in [0.4, 0.5) is 0 Å². The number of nitrogens with two attached hydrogens (primary N) is 1. The Hall–Kier alpha value is -1.99. The van der Waals surface area contributed by atoms with Crippen LogP contribution in [0.15, 0.2) is 26.5 Å². The predicted molar refractivity (Wildman–Crippen MR) is 82.2 cm³/mol. The Bertz CT molecular complexity index is 798. The van der Waals surface area contributed by atoms with E-state index in [4.69, 9.17) is 14.7 Å². The van der Waals surface area contributed by atoms with Crippen LogP contribution in [0.1, 0.15) is 37.3 Å². The van der Waals surface area contributed by atoms with Crippen molar-refractivity contribution in [1.82, 2.24) is 15.1 Å². The molecule has 0 saturated heterocycles. The molecule has 0 amide bonds. The van der Waals surface area contributed by atoms with Gasteiger partial charge in [-0.15, -0.1) is 11.3 Å². The van der Waals surface area contributed by atoms with E-state index < -0.39 is 5.54 Å². The number of nitrogens with zero attached hydrogens (tertiary/aromatic N) is 3. The summed E-state index contributed by atoms with van der Waals surface area (Å²) in [5, 5.41) is 6.75. The molecular formula is C15H16N4O2S. The lowest BCUT2D eigenvalue weighted by Crippen LogP contribution is -2.34. The molecule has 0 aliphatic heterocycles. The fourth-order valence-corrected chi connectivity index (χ4v) is 3.55. The average molecular weight is 316 g/mol. The van der Waals surface area contributed by atoms with Crippen LogP contribution in [0.25, 0.3) is 22.4 Å². The first-order chi connectivity index (χ1) is 10.6. The summed E-state index contributed by atoms with van der Waals surface area (Å²) in [5.74, 6) is 2.61. The summed E-state index contributed by atoms with van der Waals surface area (Å²) < 4.78 is 10.9. The van der Waals surface area contributed by atoms with Gasteiger partial charge < -0.3 is 14.7 Å². The minimum atomic E-state index is -0.446. The van der Waals surface area contributed by atoms with Gasteiger partial charge in [-0.2, -0.15) is 4.98 Å². The summed E-state index contributed by atoms with van der Waals surface area (Å²) in [4.78, 5) is 8.97. The molecule has 6 nitrogen and oxygen atoms in total. The first-order valence-corrected chi connectivity index (χ1v) is 8.18. The number of aromatic nitrogens is 3. The van der Waals surface area contributed by atoms with Crippen molar-refractivity contribution in [2.45, 2.75) is 38.1 Å². The van der Waals surface area contributed by atoms with Crippen LogP contribution in [-0.4, -0.2) is 15.1 Å². The van der Waals surface area contributed by atoms with Gasteiger partial charge in [0.1, 0.15) is 11.5 Å². The molecule has 0 bridgehead atoms. The quantitative estimate of drug-likeness (QED) is 0.795. The fourth-order valence-electron chi connectivity index (χ4n) is 2.79. The minimum Gasteiger partial charge on any atom is -0.459 e. The molecular weight excluding hydrogens is 300 g/mol. The average Bonchev–Trinajstić information content (AvgIpc) is 3.25. The van der Waals surface area contributed by atoms with E-state index in [0.717, 1.165) is 42.2 Å². The molecule has 1 saturated carbocycles. The molecule has 1 aliphatic carbocycles. The highest BCUT2D eigenvalue weighted by atomic mass is 32.1. The zero-order valence-electron chi connectivity index (χ0n) is 12.2. The van der Waals surface area contributed by atoms with Crippen LogP contribution < -0.4 is 5.73 Å². The second kappa shape index (κ2) is 5.03. The summed E-state index contributed by atoms with van der Waals surface area (Å²) in [6.45, 7) is 1.91. The molecule has 114 valence electrons. The van der Waals surface area contributed by atoms with E-state index in [1.165, 1.54) is 11.3 Å². The van der Waals surface area contributed by atoms with Gasteiger partial charge in [-0.25, -0.2) is 4.98 Å². The number of aryl methyl sites for hydroxylation is 1. The van der Waals surface area contributed by atoms with Crippen LogP contribution >= 0.6 is 11.3 Å². The zero-order valence-corrected chi connectivity index (χ0v) is 13.0. The van der Waals surface area contributed by atoms with Gasteiger partial charge in [0.25, 0.3) is 5.89 Å². The second-order valence-electron chi connectivity index (χ2n) is 5.73. The maximum absolute atomic E-state index is 6.35. The SMILES string of the molecule is Cc1ccc(-c2nc(-c3nc(C4(N)CCCC4)no3)cs2)o1. The molecule has 2 N–H and O–H groups in total. The van der Waals surface area contributed by atoms with E-state index in [-0.39, 0.29) is 0 Å². The molecule has 4 rings (SSSR count). The third-order valence-electron chi connectivity index (χ3n) is 4.04. The van der Waals surface area contributed by atoms with E-state index in [0.29, 0.717) is 17.4 Å². The zero-order chi connectivity index (χ0) is 15.2. The van der Waals surface area contributed by atoms with Crippen LogP contribution in [0, 0.1) is 6.92 Å². The van der Waals surface area contributed by atoms with Crippen molar-refractivity contribution in [2.75, 3.05) is 0 Å². The van der Waals surface area contributed by atoms with Crippen molar-refractivity contribution < 1.29 is 8.94 Å². The largest absolute Gasteiger partial charge is 0.459 e. The number of furan rings is 1. The van der Waals surface area contributed by atoms with E-state index >= 15 is 0 Å². The number of hydrogen-bond donors (Lipinski definition) is 1. The van der Waals surface area contributed by atoms with E-state index in [1.807, 2.05) is 24.4 Å². The second-order valence-corrected chi connectivity index (χ2v) is 6.59. The first-order valence-electron chi connectivity index (χ1n) is 7.30. The summed E-state index contributed by atoms with van der Waals surface area (Å²) in [6.07, 6.45) is 4.03. The Labute approximate surface area is 131 Å². The lowest BCUT2D eigenvalue weighted by molar-refractivity contribution is 0.372. The summed E-state index contributed by atoms with van der Waals surface area (Å²) in [7, 11) is 0. The van der Waals surface area contributed by atoms with Gasteiger partial charge in [-0.3, -0.25) is 0 Å². The molecule has 1 aliphatic rings. The van der Waals surface area contributed by atoms with Crippen LogP contribution in [-0.2, 0) is 5.54 Å². The van der Waals surface area contributed by atoms with Gasteiger partial charge in [-0.05, 0) is 31.9 Å². The summed E-state index contributed by atoms with van der Waals surface area (Å²) in [6, 6.07) is 3.82. The lowest BCUT2D eigenvalue weighted by Gasteiger charge is -2.17. The molecule has 0 unspecified atom stereocenters. The molecule has 3 aromatic heterocycles. The highest BCUT2D eigenvalue weighted by Gasteiger charge is 2.36. The van der Waals surface area contributed by atoms with Gasteiger partial charge in [0, 0.05) is 5.38 Å². The van der Waals surface area contributed by atoms with Crippen molar-refractivity contribution in [3.8, 4) is 22.4 Å². The van der Waals surface area contributed by atoms with E-state index in [2.05, 4.69) is 15.1 Å². The minimum absolute atomic E-state index is 0.414. The van der Waals surface area contributed by atoms with E-state index in [9.17, 15) is 0 Å². The monoisotopic (exact) mass is 316 g/mol. The molecule has 0 atom stereocenters. The van der Waals surface area contributed by atoms with Crippen molar-refractivity contribution in [2.24, 2.45) is 5.73 Å². The third-order valence-corrected chi connectivity index (χ3v) is 4.90. The van der Waals surface area contributed by atoms with Gasteiger partial charge >= 0.3 is 0 Å². The van der Waals surface area contributed by atoms with Gasteiger partial charge in [-0.1, -0.05) is 18.0 Å². The van der Waals surface area contributed by atoms with Gasteiger partial charge in [0.2, 0.25) is 0 Å². The van der Waals surface area contributed by atoms with Crippen molar-refractivity contribution in [1.29, 1.82) is 0 Å². The third kappa shape index (κ3) is 2.26. The number of rotatable bonds is 3. The molecule has 3 aromatic rings. The standard InChI is InChI=1S/C15H16N4O2S/c1-9-4-5-11(20-9)13-17-10(8-22-13)12-18-14(19-21-12)15(16)6-2-3-7-15/h4-5,8H,2-3,6-7,16H2,1H3. The van der Waals surface area contributed by atoms with E-state index in [1.54, 1.807) is 0 Å². The first kappa shape index (κ1) is 13.7. The Morgan fingerprint density at radius 3 is 2.77 bits per heavy atom. The van der Waals surface area contributed by atoms with Crippen molar-refractivity contribution >= 4 is 11.3 Å². The highest BCUT2D eigenvalue weighted by Crippen LogP contribution is 2.36. The Morgan fingerprint density at radius 1 is 1.23 bits per heavy atom. The van der Waals surface area contributed by atoms with Crippen LogP contribution in [0.3, 0.4) is 0 Å². The smallest absolute Gasteiger partial charge is 0.277 e. The summed E-state index contributed by atoms with van der Waals surface area (Å²) >= 11 is 1.49. The normalized spacial score (nSPS) is 17.2. The Balaban J connectivity index is 1.63.